The minimum atomic E-state index is 0.373. The quantitative estimate of drug-likeness (QED) is 0.324. The van der Waals surface area contributed by atoms with Crippen LogP contribution < -0.4 is 15.4 Å². The predicted molar refractivity (Wildman–Crippen MR) is 114 cm³/mol. The van der Waals surface area contributed by atoms with Gasteiger partial charge in [-0.1, -0.05) is 18.6 Å². The summed E-state index contributed by atoms with van der Waals surface area (Å²) in [5, 5.41) is 6.65. The van der Waals surface area contributed by atoms with Crippen molar-refractivity contribution >= 4 is 5.96 Å². The first kappa shape index (κ1) is 22.5. The summed E-state index contributed by atoms with van der Waals surface area (Å²) in [4.78, 5) is 4.70. The van der Waals surface area contributed by atoms with Crippen molar-refractivity contribution in [3.63, 3.8) is 0 Å². The number of hydrogen-bond acceptors (Lipinski definition) is 4. The van der Waals surface area contributed by atoms with Crippen LogP contribution in [-0.4, -0.2) is 52.1 Å². The van der Waals surface area contributed by atoms with Crippen LogP contribution in [0.25, 0.3) is 0 Å². The van der Waals surface area contributed by atoms with Gasteiger partial charge in [-0.3, -0.25) is 0 Å². The number of methoxy groups -OCH3 is 1. The third-order valence-corrected chi connectivity index (χ3v) is 4.71. The van der Waals surface area contributed by atoms with Gasteiger partial charge in [-0.2, -0.15) is 0 Å². The van der Waals surface area contributed by atoms with E-state index < -0.39 is 0 Å². The van der Waals surface area contributed by atoms with E-state index in [0.29, 0.717) is 25.9 Å². The van der Waals surface area contributed by atoms with Crippen LogP contribution in [0, 0.1) is 0 Å². The van der Waals surface area contributed by atoms with Gasteiger partial charge in [0.15, 0.2) is 5.96 Å². The predicted octanol–water partition coefficient (Wildman–Crippen LogP) is 3.51. The summed E-state index contributed by atoms with van der Waals surface area (Å²) in [5.74, 6) is 1.80. The van der Waals surface area contributed by atoms with E-state index in [9.17, 15) is 0 Å². The molecule has 2 N–H and O–H groups in total. The first-order chi connectivity index (χ1) is 13.8. The van der Waals surface area contributed by atoms with Crippen LogP contribution in [0.2, 0.25) is 0 Å². The molecule has 6 heteroatoms. The van der Waals surface area contributed by atoms with Gasteiger partial charge in [-0.25, -0.2) is 4.99 Å². The van der Waals surface area contributed by atoms with Gasteiger partial charge in [0.05, 0.1) is 25.9 Å². The molecule has 2 rings (SSSR count). The number of rotatable bonds is 12. The minimum Gasteiger partial charge on any atom is -0.490 e. The SMILES string of the molecule is CCNC(=NCc1cccc(OC2CCCCC2)c1)NCCCOCCOC. The van der Waals surface area contributed by atoms with E-state index in [2.05, 4.69) is 41.8 Å². The summed E-state index contributed by atoms with van der Waals surface area (Å²) in [7, 11) is 1.68. The van der Waals surface area contributed by atoms with E-state index in [-0.39, 0.29) is 0 Å². The third-order valence-electron chi connectivity index (χ3n) is 4.71. The molecule has 1 aliphatic rings. The van der Waals surface area contributed by atoms with Crippen LogP contribution in [0.5, 0.6) is 5.75 Å². The van der Waals surface area contributed by atoms with Crippen molar-refractivity contribution in [1.82, 2.24) is 10.6 Å². The normalized spacial score (nSPS) is 15.4. The molecule has 0 spiro atoms. The number of nitrogens with one attached hydrogen (secondary N) is 2. The number of nitrogens with zero attached hydrogens (tertiary/aromatic N) is 1. The van der Waals surface area contributed by atoms with Crippen LogP contribution in [0.4, 0.5) is 0 Å². The Morgan fingerprint density at radius 3 is 2.75 bits per heavy atom. The van der Waals surface area contributed by atoms with E-state index in [1.807, 2.05) is 0 Å². The number of ether oxygens (including phenoxy) is 3. The van der Waals surface area contributed by atoms with E-state index in [4.69, 9.17) is 19.2 Å². The summed E-state index contributed by atoms with van der Waals surface area (Å²) in [6.07, 6.45) is 7.55. The zero-order valence-electron chi connectivity index (χ0n) is 17.5. The van der Waals surface area contributed by atoms with E-state index >= 15 is 0 Å². The molecule has 0 atom stereocenters. The lowest BCUT2D eigenvalue weighted by Crippen LogP contribution is -2.38. The van der Waals surface area contributed by atoms with Gasteiger partial charge in [-0.05, 0) is 56.7 Å². The first-order valence-electron chi connectivity index (χ1n) is 10.7. The van der Waals surface area contributed by atoms with Gasteiger partial charge in [0.25, 0.3) is 0 Å². The molecule has 0 radical (unpaired) electrons. The first-order valence-corrected chi connectivity index (χ1v) is 10.7. The Bertz CT molecular complexity index is 560. The van der Waals surface area contributed by atoms with Crippen LogP contribution >= 0.6 is 0 Å². The van der Waals surface area contributed by atoms with Crippen molar-refractivity contribution in [1.29, 1.82) is 0 Å². The Hall–Kier alpha value is -1.79. The van der Waals surface area contributed by atoms with E-state index in [1.54, 1.807) is 7.11 Å². The number of hydrogen-bond donors (Lipinski definition) is 2. The van der Waals surface area contributed by atoms with Crippen molar-refractivity contribution in [3.8, 4) is 5.75 Å². The molecule has 1 aliphatic carbocycles. The molecule has 1 fully saturated rings. The van der Waals surface area contributed by atoms with Crippen LogP contribution in [0.15, 0.2) is 29.3 Å². The highest BCUT2D eigenvalue weighted by molar-refractivity contribution is 5.79. The molecule has 158 valence electrons. The van der Waals surface area contributed by atoms with Gasteiger partial charge >= 0.3 is 0 Å². The van der Waals surface area contributed by atoms with E-state index in [0.717, 1.165) is 43.4 Å². The second-order valence-corrected chi connectivity index (χ2v) is 7.11. The standard InChI is InChI=1S/C22H37N3O3/c1-3-23-22(24-13-8-14-27-16-15-26-2)25-18-19-9-7-12-21(17-19)28-20-10-5-4-6-11-20/h7,9,12,17,20H,3-6,8,10-11,13-16,18H2,1-2H3,(H2,23,24,25). The van der Waals surface area contributed by atoms with Gasteiger partial charge in [0.2, 0.25) is 0 Å². The second-order valence-electron chi connectivity index (χ2n) is 7.11. The highest BCUT2D eigenvalue weighted by atomic mass is 16.5. The lowest BCUT2D eigenvalue weighted by atomic mass is 9.98. The van der Waals surface area contributed by atoms with Crippen molar-refractivity contribution in [2.75, 3.05) is 40.0 Å². The average Bonchev–Trinajstić information content (AvgIpc) is 2.72. The molecule has 0 aliphatic heterocycles. The van der Waals surface area contributed by atoms with Crippen LogP contribution in [0.1, 0.15) is 51.0 Å². The maximum Gasteiger partial charge on any atom is 0.191 e. The Labute approximate surface area is 170 Å². The lowest BCUT2D eigenvalue weighted by Gasteiger charge is -2.23. The molecule has 6 nitrogen and oxygen atoms in total. The summed E-state index contributed by atoms with van der Waals surface area (Å²) < 4.78 is 16.6. The summed E-state index contributed by atoms with van der Waals surface area (Å²) in [5.41, 5.74) is 1.16. The van der Waals surface area contributed by atoms with Gasteiger partial charge in [0, 0.05) is 26.8 Å². The van der Waals surface area contributed by atoms with Crippen molar-refractivity contribution in [2.45, 2.75) is 58.1 Å². The van der Waals surface area contributed by atoms with Crippen molar-refractivity contribution < 1.29 is 14.2 Å². The van der Waals surface area contributed by atoms with Gasteiger partial charge in [-0.15, -0.1) is 0 Å². The highest BCUT2D eigenvalue weighted by Gasteiger charge is 2.14. The molecule has 0 unspecified atom stereocenters. The summed E-state index contributed by atoms with van der Waals surface area (Å²) >= 11 is 0. The fourth-order valence-corrected chi connectivity index (χ4v) is 3.23. The molecule has 0 bridgehead atoms. The van der Waals surface area contributed by atoms with Gasteiger partial charge in [0.1, 0.15) is 5.75 Å². The smallest absolute Gasteiger partial charge is 0.191 e. The Balaban J connectivity index is 1.76. The van der Waals surface area contributed by atoms with Crippen molar-refractivity contribution in [2.24, 2.45) is 4.99 Å². The monoisotopic (exact) mass is 391 g/mol. The maximum absolute atomic E-state index is 6.17. The van der Waals surface area contributed by atoms with Crippen LogP contribution in [-0.2, 0) is 16.0 Å². The highest BCUT2D eigenvalue weighted by Crippen LogP contribution is 2.24. The molecular weight excluding hydrogens is 354 g/mol. The summed E-state index contributed by atoms with van der Waals surface area (Å²) in [6.45, 7) is 6.36. The Morgan fingerprint density at radius 2 is 1.96 bits per heavy atom. The maximum atomic E-state index is 6.17. The molecule has 0 aromatic heterocycles. The minimum absolute atomic E-state index is 0.373. The number of benzene rings is 1. The van der Waals surface area contributed by atoms with Crippen molar-refractivity contribution in [3.05, 3.63) is 29.8 Å². The zero-order chi connectivity index (χ0) is 19.9. The molecule has 1 saturated carbocycles. The average molecular weight is 392 g/mol. The number of aliphatic imine (C=N–C) groups is 1. The third kappa shape index (κ3) is 9.42. The lowest BCUT2D eigenvalue weighted by molar-refractivity contribution is 0.0698. The summed E-state index contributed by atoms with van der Waals surface area (Å²) in [6, 6.07) is 8.32. The second kappa shape index (κ2) is 14.2. The largest absolute Gasteiger partial charge is 0.490 e. The molecule has 0 saturated heterocycles. The molecule has 1 aromatic rings. The fraction of sp³-hybridized carbons (Fsp3) is 0.682. The molecule has 0 amide bonds. The molecule has 0 heterocycles. The number of guanidine groups is 1. The van der Waals surface area contributed by atoms with E-state index in [1.165, 1.54) is 32.1 Å². The molecular formula is C22H37N3O3. The Morgan fingerprint density at radius 1 is 1.11 bits per heavy atom. The topological polar surface area (TPSA) is 64.1 Å². The molecule has 1 aromatic carbocycles. The zero-order valence-corrected chi connectivity index (χ0v) is 17.5. The molecule has 28 heavy (non-hydrogen) atoms. The van der Waals surface area contributed by atoms with Gasteiger partial charge < -0.3 is 24.8 Å². The van der Waals surface area contributed by atoms with Crippen LogP contribution in [0.3, 0.4) is 0 Å². The Kier molecular flexibility index (Phi) is 11.4. The fourth-order valence-electron chi connectivity index (χ4n) is 3.23.